The summed E-state index contributed by atoms with van der Waals surface area (Å²) in [6.45, 7) is 9.20. The minimum absolute atomic E-state index is 0. The Morgan fingerprint density at radius 1 is 1.20 bits per heavy atom. The Hall–Kier alpha value is -0.530. The van der Waals surface area contributed by atoms with Gasteiger partial charge in [-0.2, -0.15) is 0 Å². The lowest BCUT2D eigenvalue weighted by atomic mass is 9.58. The summed E-state index contributed by atoms with van der Waals surface area (Å²) in [7, 11) is 2.14. The molecular weight excluding hydrogens is 266 g/mol. The Kier molecular flexibility index (Phi) is 6.09. The monoisotopic (exact) mass is 295 g/mol. The van der Waals surface area contributed by atoms with Crippen LogP contribution in [0.15, 0.2) is 18.2 Å². The summed E-state index contributed by atoms with van der Waals surface area (Å²) in [6, 6.07) is 7.45. The van der Waals surface area contributed by atoms with Crippen LogP contribution in [-0.4, -0.2) is 13.1 Å². The Bertz CT molecular complexity index is 435. The van der Waals surface area contributed by atoms with Gasteiger partial charge in [-0.3, -0.25) is 0 Å². The molecule has 0 spiro atoms. The number of halogens is 1. The lowest BCUT2D eigenvalue weighted by Gasteiger charge is -2.50. The average Bonchev–Trinajstić information content (AvgIpc) is 2.31. The van der Waals surface area contributed by atoms with Gasteiger partial charge in [0.05, 0.1) is 0 Å². The van der Waals surface area contributed by atoms with Gasteiger partial charge in [-0.1, -0.05) is 38.5 Å². The molecule has 1 unspecified atom stereocenters. The molecule has 0 saturated heterocycles. The molecule has 2 rings (SSSR count). The highest BCUT2D eigenvalue weighted by atomic mass is 35.5. The molecule has 1 aromatic rings. The maximum absolute atomic E-state index is 3.62. The number of likely N-dealkylation sites (N-methyl/N-ethyl adjacent to an activating group) is 1. The molecule has 1 aliphatic carbocycles. The van der Waals surface area contributed by atoms with Crippen molar-refractivity contribution in [3.63, 3.8) is 0 Å². The Morgan fingerprint density at radius 3 is 2.30 bits per heavy atom. The van der Waals surface area contributed by atoms with E-state index in [0.29, 0.717) is 11.5 Å². The number of hydrogen-bond donors (Lipinski definition) is 1. The van der Waals surface area contributed by atoms with Gasteiger partial charge < -0.3 is 5.32 Å². The van der Waals surface area contributed by atoms with E-state index >= 15 is 0 Å². The second-order valence-corrected chi connectivity index (χ2v) is 6.73. The van der Waals surface area contributed by atoms with E-state index in [4.69, 9.17) is 0 Å². The van der Waals surface area contributed by atoms with E-state index in [-0.39, 0.29) is 12.4 Å². The molecule has 1 aromatic carbocycles. The summed E-state index contributed by atoms with van der Waals surface area (Å²) in [5.41, 5.74) is 4.92. The molecule has 1 saturated carbocycles. The highest BCUT2D eigenvalue weighted by Gasteiger charge is 2.45. The van der Waals surface area contributed by atoms with Gasteiger partial charge in [0, 0.05) is 11.5 Å². The van der Waals surface area contributed by atoms with E-state index in [1.165, 1.54) is 36.8 Å². The maximum atomic E-state index is 3.62. The summed E-state index contributed by atoms with van der Waals surface area (Å²) in [6.07, 6.45) is 5.33. The average molecular weight is 296 g/mol. The molecule has 0 radical (unpaired) electrons. The van der Waals surface area contributed by atoms with Crippen molar-refractivity contribution >= 4 is 12.4 Å². The minimum Gasteiger partial charge on any atom is -0.316 e. The third-order valence-electron chi connectivity index (χ3n) is 5.11. The van der Waals surface area contributed by atoms with Gasteiger partial charge in [-0.15, -0.1) is 12.4 Å². The van der Waals surface area contributed by atoms with E-state index in [1.807, 2.05) is 0 Å². The van der Waals surface area contributed by atoms with Gasteiger partial charge in [0.25, 0.3) is 0 Å². The van der Waals surface area contributed by atoms with Gasteiger partial charge in [-0.25, -0.2) is 0 Å². The van der Waals surface area contributed by atoms with Crippen LogP contribution in [0.1, 0.15) is 56.2 Å². The zero-order valence-corrected chi connectivity index (χ0v) is 14.4. The summed E-state index contributed by atoms with van der Waals surface area (Å²) in [5.74, 6) is 0.750. The fourth-order valence-corrected chi connectivity index (χ4v) is 3.74. The smallest absolute Gasteiger partial charge is 0.0163 e. The number of aryl methyl sites for hydroxylation is 1. The van der Waals surface area contributed by atoms with Crippen LogP contribution in [0, 0.1) is 19.8 Å². The molecule has 2 heteroatoms. The third-order valence-corrected chi connectivity index (χ3v) is 5.11. The first-order chi connectivity index (χ1) is 9.01. The topological polar surface area (TPSA) is 12.0 Å². The SMILES string of the molecule is CNC(CC(C)C)C1(c2cccc(C)c2C)CCC1.Cl. The first-order valence-corrected chi connectivity index (χ1v) is 7.75. The summed E-state index contributed by atoms with van der Waals surface area (Å²) < 4.78 is 0. The molecule has 0 bridgehead atoms. The minimum atomic E-state index is 0. The van der Waals surface area contributed by atoms with E-state index in [1.54, 1.807) is 5.56 Å². The van der Waals surface area contributed by atoms with Gasteiger partial charge in [0.1, 0.15) is 0 Å². The van der Waals surface area contributed by atoms with Crippen LogP contribution in [0.25, 0.3) is 0 Å². The fourth-order valence-electron chi connectivity index (χ4n) is 3.74. The van der Waals surface area contributed by atoms with Crippen molar-refractivity contribution < 1.29 is 0 Å². The highest BCUT2D eigenvalue weighted by Crippen LogP contribution is 2.49. The predicted octanol–water partition coefficient (Wildman–Crippen LogP) is 4.78. The van der Waals surface area contributed by atoms with Crippen LogP contribution in [0.4, 0.5) is 0 Å². The molecule has 1 fully saturated rings. The van der Waals surface area contributed by atoms with Gasteiger partial charge >= 0.3 is 0 Å². The maximum Gasteiger partial charge on any atom is 0.0163 e. The number of hydrogen-bond acceptors (Lipinski definition) is 1. The Labute approximate surface area is 131 Å². The normalized spacial score (nSPS) is 18.3. The second kappa shape index (κ2) is 6.95. The van der Waals surface area contributed by atoms with Crippen LogP contribution in [0.3, 0.4) is 0 Å². The third kappa shape index (κ3) is 3.04. The zero-order valence-electron chi connectivity index (χ0n) is 13.6. The lowest BCUT2D eigenvalue weighted by Crippen LogP contribution is -2.52. The van der Waals surface area contributed by atoms with Crippen molar-refractivity contribution in [1.29, 1.82) is 0 Å². The molecule has 1 atom stereocenters. The van der Waals surface area contributed by atoms with Crippen molar-refractivity contribution in [1.82, 2.24) is 5.32 Å². The predicted molar refractivity (Wildman–Crippen MR) is 91.0 cm³/mol. The lowest BCUT2D eigenvalue weighted by molar-refractivity contribution is 0.156. The van der Waals surface area contributed by atoms with Crippen molar-refractivity contribution in [2.24, 2.45) is 5.92 Å². The molecule has 0 amide bonds. The van der Waals surface area contributed by atoms with Gasteiger partial charge in [0.15, 0.2) is 0 Å². The summed E-state index contributed by atoms with van der Waals surface area (Å²) in [4.78, 5) is 0. The molecular formula is C18H30ClN. The fraction of sp³-hybridized carbons (Fsp3) is 0.667. The quantitative estimate of drug-likeness (QED) is 0.824. The number of benzene rings is 1. The molecule has 1 aliphatic rings. The van der Waals surface area contributed by atoms with E-state index in [0.717, 1.165) is 5.92 Å². The van der Waals surface area contributed by atoms with E-state index in [2.05, 4.69) is 58.3 Å². The van der Waals surface area contributed by atoms with Crippen LogP contribution >= 0.6 is 12.4 Å². The Balaban J connectivity index is 0.00000200. The van der Waals surface area contributed by atoms with Crippen molar-refractivity contribution in [2.75, 3.05) is 7.05 Å². The molecule has 114 valence electrons. The number of nitrogens with one attached hydrogen (secondary N) is 1. The zero-order chi connectivity index (χ0) is 14.0. The van der Waals surface area contributed by atoms with E-state index < -0.39 is 0 Å². The highest BCUT2D eigenvalue weighted by molar-refractivity contribution is 5.85. The first kappa shape index (κ1) is 17.5. The number of rotatable bonds is 5. The van der Waals surface area contributed by atoms with Crippen LogP contribution in [-0.2, 0) is 5.41 Å². The van der Waals surface area contributed by atoms with Crippen LogP contribution < -0.4 is 5.32 Å². The standard InChI is InChI=1S/C18H29N.ClH/c1-13(2)12-17(19-5)18(10-7-11-18)16-9-6-8-14(3)15(16)4;/h6,8-9,13,17,19H,7,10-12H2,1-5H3;1H. The van der Waals surface area contributed by atoms with Crippen LogP contribution in [0.2, 0.25) is 0 Å². The molecule has 1 N–H and O–H groups in total. The van der Waals surface area contributed by atoms with Crippen molar-refractivity contribution in [2.45, 2.75) is 64.8 Å². The Morgan fingerprint density at radius 2 is 1.85 bits per heavy atom. The van der Waals surface area contributed by atoms with Gasteiger partial charge in [-0.05, 0) is 62.8 Å². The first-order valence-electron chi connectivity index (χ1n) is 7.75. The largest absolute Gasteiger partial charge is 0.316 e. The van der Waals surface area contributed by atoms with Crippen LogP contribution in [0.5, 0.6) is 0 Å². The van der Waals surface area contributed by atoms with Crippen molar-refractivity contribution in [3.8, 4) is 0 Å². The molecule has 0 heterocycles. The molecule has 0 aliphatic heterocycles. The molecule has 0 aromatic heterocycles. The molecule has 1 nitrogen and oxygen atoms in total. The summed E-state index contributed by atoms with van der Waals surface area (Å²) in [5, 5.41) is 3.62. The van der Waals surface area contributed by atoms with E-state index in [9.17, 15) is 0 Å². The molecule has 20 heavy (non-hydrogen) atoms. The second-order valence-electron chi connectivity index (χ2n) is 6.73. The van der Waals surface area contributed by atoms with Gasteiger partial charge in [0.2, 0.25) is 0 Å². The summed E-state index contributed by atoms with van der Waals surface area (Å²) >= 11 is 0. The van der Waals surface area contributed by atoms with Crippen molar-refractivity contribution in [3.05, 3.63) is 34.9 Å².